The molecule has 0 aliphatic rings. The predicted octanol–water partition coefficient (Wildman–Crippen LogP) is 26.3. The number of phosphoric acid groups is 2. The second kappa shape index (κ2) is 75.7. The van der Waals surface area contributed by atoms with Gasteiger partial charge in [-0.2, -0.15) is 0 Å². The van der Waals surface area contributed by atoms with Crippen LogP contribution in [0.4, 0.5) is 0 Å². The number of ether oxygens (including phenoxy) is 4. The van der Waals surface area contributed by atoms with Gasteiger partial charge in [0, 0.05) is 25.7 Å². The molecule has 3 N–H and O–H groups in total. The highest BCUT2D eigenvalue weighted by atomic mass is 31.2. The lowest BCUT2D eigenvalue weighted by molar-refractivity contribution is -0.161. The summed E-state index contributed by atoms with van der Waals surface area (Å²) in [6.45, 7) is 14.4. The molecule has 0 aromatic heterocycles. The molecule has 0 aromatic rings. The molecule has 5 unspecified atom stereocenters. The van der Waals surface area contributed by atoms with Gasteiger partial charge >= 0.3 is 39.5 Å². The molecule has 7 atom stereocenters. The van der Waals surface area contributed by atoms with Gasteiger partial charge in [-0.15, -0.1) is 0 Å². The Kier molecular flexibility index (Phi) is 74.3. The van der Waals surface area contributed by atoms with Gasteiger partial charge in [0.2, 0.25) is 0 Å². The fourth-order valence-electron chi connectivity index (χ4n) is 13.4. The van der Waals surface area contributed by atoms with E-state index in [-0.39, 0.29) is 25.7 Å². The molecule has 0 aromatic carbocycles. The van der Waals surface area contributed by atoms with Gasteiger partial charge in [0.05, 0.1) is 26.4 Å². The van der Waals surface area contributed by atoms with Crippen molar-refractivity contribution in [2.45, 2.75) is 472 Å². The Morgan fingerprint density at radius 1 is 0.264 bits per heavy atom. The van der Waals surface area contributed by atoms with Crippen LogP contribution in [0, 0.1) is 23.7 Å². The first-order valence-electron chi connectivity index (χ1n) is 44.8. The Balaban J connectivity index is 5.22. The number of hydrogen-bond donors (Lipinski definition) is 3. The molecule has 106 heavy (non-hydrogen) atoms. The molecule has 0 aliphatic heterocycles. The van der Waals surface area contributed by atoms with Crippen molar-refractivity contribution in [1.82, 2.24) is 0 Å². The number of carbonyl (C=O) groups is 4. The first-order valence-corrected chi connectivity index (χ1v) is 47.8. The lowest BCUT2D eigenvalue weighted by Crippen LogP contribution is -2.30. The van der Waals surface area contributed by atoms with Gasteiger partial charge in [-0.05, 0) is 49.4 Å². The zero-order chi connectivity index (χ0) is 78.1. The number of aliphatic hydroxyl groups is 1. The fraction of sp³-hybridized carbons (Fsp3) is 0.954. The van der Waals surface area contributed by atoms with E-state index in [1.165, 1.54) is 250 Å². The van der Waals surface area contributed by atoms with E-state index in [4.69, 9.17) is 37.0 Å². The minimum Gasteiger partial charge on any atom is -0.462 e. The molecule has 0 heterocycles. The second-order valence-electron chi connectivity index (χ2n) is 32.7. The third kappa shape index (κ3) is 77.4. The molecule has 0 saturated heterocycles. The van der Waals surface area contributed by atoms with E-state index in [1.54, 1.807) is 0 Å². The van der Waals surface area contributed by atoms with E-state index in [2.05, 4.69) is 55.4 Å². The van der Waals surface area contributed by atoms with Gasteiger partial charge in [0.1, 0.15) is 19.3 Å². The monoisotopic (exact) mass is 1550 g/mol. The third-order valence-electron chi connectivity index (χ3n) is 21.0. The molecule has 0 spiro atoms. The summed E-state index contributed by atoms with van der Waals surface area (Å²) in [6, 6.07) is 0. The third-order valence-corrected chi connectivity index (χ3v) is 22.9. The number of esters is 4. The maximum absolute atomic E-state index is 13.2. The standard InChI is InChI=1S/C87H170O17P2/c1-9-79(7)65-57-49-41-33-27-21-15-13-11-12-14-16-23-29-35-43-51-59-67-84(89)97-73-82(103-86(91)69-61-53-44-36-30-24-18-17-22-28-34-42-50-58-66-80(8)10-2)75-101-105(93,94)99-71-81(88)72-100-106(95,96)102-76-83(74-98-85(90)68-60-52-46-38-40-48-56-64-78(5)6)104-87(92)70-62-54-45-37-31-25-19-20-26-32-39-47-55-63-77(3)4/h77-83,88H,9-76H2,1-8H3,(H,93,94)(H,95,96)/t79?,80?,81?,82-,83-/m1/s1. The van der Waals surface area contributed by atoms with Gasteiger partial charge in [0.15, 0.2) is 12.2 Å². The Bertz CT molecular complexity index is 2060. The summed E-state index contributed by atoms with van der Waals surface area (Å²) in [5.41, 5.74) is 0. The molecule has 0 aliphatic carbocycles. The lowest BCUT2D eigenvalue weighted by Gasteiger charge is -2.21. The second-order valence-corrected chi connectivity index (χ2v) is 35.6. The average molecular weight is 1550 g/mol. The number of rotatable bonds is 84. The summed E-state index contributed by atoms with van der Waals surface area (Å²) in [7, 11) is -9.93. The van der Waals surface area contributed by atoms with Crippen molar-refractivity contribution >= 4 is 39.5 Å². The Labute approximate surface area is 651 Å². The van der Waals surface area contributed by atoms with Crippen LogP contribution < -0.4 is 0 Å². The highest BCUT2D eigenvalue weighted by molar-refractivity contribution is 7.47. The maximum Gasteiger partial charge on any atom is 0.472 e. The van der Waals surface area contributed by atoms with E-state index in [0.717, 1.165) is 114 Å². The van der Waals surface area contributed by atoms with Crippen molar-refractivity contribution < 1.29 is 80.2 Å². The number of unbranched alkanes of at least 4 members (excludes halogenated alkanes) is 48. The van der Waals surface area contributed by atoms with Gasteiger partial charge < -0.3 is 33.8 Å². The molecule has 0 bridgehead atoms. The zero-order valence-electron chi connectivity index (χ0n) is 70.1. The van der Waals surface area contributed by atoms with E-state index in [1.807, 2.05) is 0 Å². The molecule has 0 rings (SSSR count). The van der Waals surface area contributed by atoms with Crippen LogP contribution in [-0.4, -0.2) is 96.7 Å². The Morgan fingerprint density at radius 2 is 0.453 bits per heavy atom. The van der Waals surface area contributed by atoms with Crippen LogP contribution >= 0.6 is 15.6 Å². The molecule has 19 heteroatoms. The van der Waals surface area contributed by atoms with Crippen LogP contribution in [0.15, 0.2) is 0 Å². The molecular formula is C87H170O17P2. The SMILES string of the molecule is CCC(C)CCCCCCCCCCCCCCCCCCCCC(=O)OC[C@H](COP(=O)(O)OCC(O)COP(=O)(O)OC[C@@H](COC(=O)CCCCCCCCCC(C)C)OC(=O)CCCCCCCCCCCCCCCC(C)C)OC(=O)CCCCCCCCCCCCCCCCC(C)CC. The number of carbonyl (C=O) groups excluding carboxylic acids is 4. The van der Waals surface area contributed by atoms with Crippen molar-refractivity contribution in [3.05, 3.63) is 0 Å². The summed E-state index contributed by atoms with van der Waals surface area (Å²) < 4.78 is 68.9. The van der Waals surface area contributed by atoms with Crippen LogP contribution in [0.5, 0.6) is 0 Å². The van der Waals surface area contributed by atoms with E-state index < -0.39 is 97.5 Å². The first-order chi connectivity index (χ1) is 51.2. The first kappa shape index (κ1) is 104. The molecule has 0 amide bonds. The van der Waals surface area contributed by atoms with E-state index in [0.29, 0.717) is 31.6 Å². The number of phosphoric ester groups is 2. The molecule has 0 saturated carbocycles. The maximum atomic E-state index is 13.2. The zero-order valence-corrected chi connectivity index (χ0v) is 71.9. The molecule has 630 valence electrons. The smallest absolute Gasteiger partial charge is 0.462 e. The quantitative estimate of drug-likeness (QED) is 0.0222. The van der Waals surface area contributed by atoms with Crippen LogP contribution in [-0.2, 0) is 65.4 Å². The summed E-state index contributed by atoms with van der Waals surface area (Å²) in [6.07, 6.45) is 65.3. The topological polar surface area (TPSA) is 237 Å². The predicted molar refractivity (Wildman–Crippen MR) is 437 cm³/mol. The summed E-state index contributed by atoms with van der Waals surface area (Å²) in [5, 5.41) is 10.7. The Hall–Kier alpha value is -1.94. The highest BCUT2D eigenvalue weighted by Gasteiger charge is 2.31. The van der Waals surface area contributed by atoms with Crippen LogP contribution in [0.3, 0.4) is 0 Å². The van der Waals surface area contributed by atoms with Gasteiger partial charge in [0.25, 0.3) is 0 Å². The van der Waals surface area contributed by atoms with Gasteiger partial charge in [-0.3, -0.25) is 37.3 Å². The molecule has 0 fully saturated rings. The summed E-state index contributed by atoms with van der Waals surface area (Å²) in [5.74, 6) is 1.10. The number of aliphatic hydroxyl groups excluding tert-OH is 1. The van der Waals surface area contributed by atoms with Crippen molar-refractivity contribution in [3.63, 3.8) is 0 Å². The van der Waals surface area contributed by atoms with Gasteiger partial charge in [-0.1, -0.05) is 402 Å². The highest BCUT2D eigenvalue weighted by Crippen LogP contribution is 2.45. The largest absolute Gasteiger partial charge is 0.472 e. The van der Waals surface area contributed by atoms with Crippen LogP contribution in [0.2, 0.25) is 0 Å². The molecule has 17 nitrogen and oxygen atoms in total. The van der Waals surface area contributed by atoms with Crippen molar-refractivity contribution in [2.24, 2.45) is 23.7 Å². The lowest BCUT2D eigenvalue weighted by atomic mass is 9.99. The van der Waals surface area contributed by atoms with Crippen LogP contribution in [0.1, 0.15) is 453 Å². The normalized spacial score (nSPS) is 14.4. The number of hydrogen-bond acceptors (Lipinski definition) is 15. The Morgan fingerprint density at radius 3 is 0.670 bits per heavy atom. The molecule has 0 radical (unpaired) electrons. The van der Waals surface area contributed by atoms with E-state index in [9.17, 15) is 43.2 Å². The summed E-state index contributed by atoms with van der Waals surface area (Å²) >= 11 is 0. The fourth-order valence-corrected chi connectivity index (χ4v) is 15.0. The van der Waals surface area contributed by atoms with Crippen molar-refractivity contribution in [2.75, 3.05) is 39.6 Å². The van der Waals surface area contributed by atoms with Crippen molar-refractivity contribution in [3.8, 4) is 0 Å². The average Bonchev–Trinajstić information content (AvgIpc) is 0.950. The van der Waals surface area contributed by atoms with Crippen LogP contribution in [0.25, 0.3) is 0 Å². The van der Waals surface area contributed by atoms with Gasteiger partial charge in [-0.25, -0.2) is 9.13 Å². The van der Waals surface area contributed by atoms with E-state index >= 15 is 0 Å². The minimum atomic E-state index is -4.97. The molecular weight excluding hydrogens is 1380 g/mol. The minimum absolute atomic E-state index is 0.106. The van der Waals surface area contributed by atoms with Crippen molar-refractivity contribution in [1.29, 1.82) is 0 Å². The summed E-state index contributed by atoms with van der Waals surface area (Å²) in [4.78, 5) is 73.2.